The molecule has 0 radical (unpaired) electrons. The van der Waals surface area contributed by atoms with Crippen LogP contribution in [0.5, 0.6) is 0 Å². The van der Waals surface area contributed by atoms with Crippen molar-refractivity contribution in [2.45, 2.75) is 33.2 Å². The van der Waals surface area contributed by atoms with Crippen molar-refractivity contribution in [2.75, 3.05) is 18.4 Å². The van der Waals surface area contributed by atoms with Crippen LogP contribution in [0.1, 0.15) is 26.0 Å². The standard InChI is InChI=1S/C21H25N3O3/c1-3-23(4-2)21(26)15-24-12-11-16-14-17(7-9-19(16)24)22-20(25)10-8-18-6-5-13-27-18/h5-7,9,11-14H,3-4,8,10,15H2,1-2H3,(H,22,25). The summed E-state index contributed by atoms with van der Waals surface area (Å²) >= 11 is 0. The molecule has 2 amide bonds. The molecule has 0 spiro atoms. The molecule has 2 aromatic heterocycles. The molecule has 0 fully saturated rings. The molecular weight excluding hydrogens is 342 g/mol. The Morgan fingerprint density at radius 1 is 1.15 bits per heavy atom. The summed E-state index contributed by atoms with van der Waals surface area (Å²) in [4.78, 5) is 26.3. The topological polar surface area (TPSA) is 67.5 Å². The van der Waals surface area contributed by atoms with Crippen LogP contribution in [0.15, 0.2) is 53.3 Å². The number of hydrogen-bond acceptors (Lipinski definition) is 3. The van der Waals surface area contributed by atoms with Crippen LogP contribution in [0.3, 0.4) is 0 Å². The zero-order valence-corrected chi connectivity index (χ0v) is 15.8. The second-order valence-electron chi connectivity index (χ2n) is 6.41. The predicted molar refractivity (Wildman–Crippen MR) is 106 cm³/mol. The maximum absolute atomic E-state index is 12.3. The number of carbonyl (C=O) groups excluding carboxylic acids is 2. The van der Waals surface area contributed by atoms with Gasteiger partial charge in [0.05, 0.1) is 6.26 Å². The summed E-state index contributed by atoms with van der Waals surface area (Å²) < 4.78 is 7.19. The Kier molecular flexibility index (Phi) is 5.96. The molecule has 0 atom stereocenters. The van der Waals surface area contributed by atoms with E-state index in [1.54, 1.807) is 6.26 Å². The largest absolute Gasteiger partial charge is 0.469 e. The molecule has 0 aliphatic carbocycles. The number of aromatic nitrogens is 1. The number of aryl methyl sites for hydroxylation is 1. The number of nitrogens with zero attached hydrogens (tertiary/aromatic N) is 2. The molecule has 0 saturated carbocycles. The van der Waals surface area contributed by atoms with Crippen LogP contribution in [-0.2, 0) is 22.6 Å². The van der Waals surface area contributed by atoms with Crippen molar-refractivity contribution >= 4 is 28.4 Å². The van der Waals surface area contributed by atoms with Crippen molar-refractivity contribution in [3.05, 3.63) is 54.6 Å². The Balaban J connectivity index is 1.64. The fraction of sp³-hybridized carbons (Fsp3) is 0.333. The monoisotopic (exact) mass is 367 g/mol. The number of anilines is 1. The number of likely N-dealkylation sites (N-methyl/N-ethyl adjacent to an activating group) is 1. The van der Waals surface area contributed by atoms with E-state index in [-0.39, 0.29) is 11.8 Å². The first-order valence-electron chi connectivity index (χ1n) is 9.29. The molecule has 3 rings (SSSR count). The van der Waals surface area contributed by atoms with Crippen molar-refractivity contribution < 1.29 is 14.0 Å². The molecule has 1 N–H and O–H groups in total. The highest BCUT2D eigenvalue weighted by Crippen LogP contribution is 2.21. The number of benzene rings is 1. The van der Waals surface area contributed by atoms with E-state index in [0.29, 0.717) is 32.5 Å². The Morgan fingerprint density at radius 2 is 1.96 bits per heavy atom. The predicted octanol–water partition coefficient (Wildman–Crippen LogP) is 3.67. The van der Waals surface area contributed by atoms with E-state index in [2.05, 4.69) is 5.32 Å². The van der Waals surface area contributed by atoms with E-state index in [9.17, 15) is 9.59 Å². The lowest BCUT2D eigenvalue weighted by molar-refractivity contribution is -0.131. The maximum Gasteiger partial charge on any atom is 0.242 e. The van der Waals surface area contributed by atoms with Gasteiger partial charge >= 0.3 is 0 Å². The molecule has 6 heteroatoms. The molecule has 0 bridgehead atoms. The van der Waals surface area contributed by atoms with Crippen LogP contribution in [0.4, 0.5) is 5.69 Å². The highest BCUT2D eigenvalue weighted by atomic mass is 16.3. The third kappa shape index (κ3) is 4.58. The summed E-state index contributed by atoms with van der Waals surface area (Å²) in [7, 11) is 0. The van der Waals surface area contributed by atoms with E-state index >= 15 is 0 Å². The molecule has 0 aliphatic rings. The zero-order chi connectivity index (χ0) is 19.2. The van der Waals surface area contributed by atoms with Gasteiger partial charge in [0.2, 0.25) is 11.8 Å². The van der Waals surface area contributed by atoms with Gasteiger partial charge in [-0.1, -0.05) is 0 Å². The molecule has 142 valence electrons. The molecule has 1 aromatic carbocycles. The summed E-state index contributed by atoms with van der Waals surface area (Å²) in [5.41, 5.74) is 1.73. The maximum atomic E-state index is 12.3. The quantitative estimate of drug-likeness (QED) is 0.660. The van der Waals surface area contributed by atoms with Gasteiger partial charge in [-0.05, 0) is 50.2 Å². The number of carbonyl (C=O) groups is 2. The molecule has 27 heavy (non-hydrogen) atoms. The fourth-order valence-electron chi connectivity index (χ4n) is 3.15. The molecule has 6 nitrogen and oxygen atoms in total. The van der Waals surface area contributed by atoms with E-state index in [0.717, 1.165) is 22.4 Å². The summed E-state index contributed by atoms with van der Waals surface area (Å²) in [5.74, 6) is 0.852. The Morgan fingerprint density at radius 3 is 2.67 bits per heavy atom. The number of nitrogens with one attached hydrogen (secondary N) is 1. The summed E-state index contributed by atoms with van der Waals surface area (Å²) in [6.07, 6.45) is 4.46. The molecule has 0 unspecified atom stereocenters. The van der Waals surface area contributed by atoms with Gasteiger partial charge in [-0.15, -0.1) is 0 Å². The van der Waals surface area contributed by atoms with Crippen molar-refractivity contribution in [1.29, 1.82) is 0 Å². The van der Waals surface area contributed by atoms with Gasteiger partial charge in [0.25, 0.3) is 0 Å². The SMILES string of the molecule is CCN(CC)C(=O)Cn1ccc2cc(NC(=O)CCc3ccco3)ccc21. The Hall–Kier alpha value is -3.02. The third-order valence-electron chi connectivity index (χ3n) is 4.66. The number of hydrogen-bond donors (Lipinski definition) is 1. The highest BCUT2D eigenvalue weighted by molar-refractivity contribution is 5.94. The second kappa shape index (κ2) is 8.58. The number of fused-ring (bicyclic) bond motifs is 1. The molecule has 0 aliphatic heterocycles. The summed E-state index contributed by atoms with van der Waals surface area (Å²) in [6.45, 7) is 5.71. The molecule has 0 saturated heterocycles. The minimum Gasteiger partial charge on any atom is -0.469 e. The molecule has 3 aromatic rings. The average molecular weight is 367 g/mol. The van der Waals surface area contributed by atoms with Gasteiger partial charge < -0.3 is 19.2 Å². The lowest BCUT2D eigenvalue weighted by Crippen LogP contribution is -2.33. The van der Waals surface area contributed by atoms with Crippen LogP contribution in [0.25, 0.3) is 10.9 Å². The van der Waals surface area contributed by atoms with Crippen molar-refractivity contribution in [3.8, 4) is 0 Å². The Bertz CT molecular complexity index is 908. The fourth-order valence-corrected chi connectivity index (χ4v) is 3.15. The first-order chi connectivity index (χ1) is 13.1. The van der Waals surface area contributed by atoms with Gasteiger partial charge in [-0.3, -0.25) is 9.59 Å². The van der Waals surface area contributed by atoms with Gasteiger partial charge in [0.15, 0.2) is 0 Å². The number of furan rings is 1. The van der Waals surface area contributed by atoms with Crippen LogP contribution >= 0.6 is 0 Å². The molecule has 2 heterocycles. The van der Waals surface area contributed by atoms with Crippen LogP contribution in [0, 0.1) is 0 Å². The van der Waals surface area contributed by atoms with Gasteiger partial charge in [-0.25, -0.2) is 0 Å². The van der Waals surface area contributed by atoms with Crippen molar-refractivity contribution in [3.63, 3.8) is 0 Å². The minimum atomic E-state index is -0.0538. The minimum absolute atomic E-state index is 0.0538. The van der Waals surface area contributed by atoms with Crippen LogP contribution < -0.4 is 5.32 Å². The zero-order valence-electron chi connectivity index (χ0n) is 15.8. The summed E-state index contributed by atoms with van der Waals surface area (Å²) in [6, 6.07) is 11.4. The van der Waals surface area contributed by atoms with E-state index in [1.165, 1.54) is 0 Å². The van der Waals surface area contributed by atoms with Crippen LogP contribution in [0.2, 0.25) is 0 Å². The number of amides is 2. The smallest absolute Gasteiger partial charge is 0.242 e. The van der Waals surface area contributed by atoms with E-state index in [1.807, 2.05) is 65.9 Å². The Labute approximate surface area is 158 Å². The summed E-state index contributed by atoms with van der Waals surface area (Å²) in [5, 5.41) is 3.91. The first kappa shape index (κ1) is 18.8. The lowest BCUT2D eigenvalue weighted by Gasteiger charge is -2.19. The average Bonchev–Trinajstić information content (AvgIpc) is 3.31. The number of rotatable bonds is 8. The normalized spacial score (nSPS) is 10.9. The van der Waals surface area contributed by atoms with Gasteiger partial charge in [-0.2, -0.15) is 0 Å². The van der Waals surface area contributed by atoms with Gasteiger partial charge in [0.1, 0.15) is 12.3 Å². The highest BCUT2D eigenvalue weighted by Gasteiger charge is 2.12. The molecular formula is C21H25N3O3. The van der Waals surface area contributed by atoms with E-state index < -0.39 is 0 Å². The lowest BCUT2D eigenvalue weighted by atomic mass is 10.2. The van der Waals surface area contributed by atoms with Crippen molar-refractivity contribution in [2.24, 2.45) is 0 Å². The van der Waals surface area contributed by atoms with Crippen LogP contribution in [-0.4, -0.2) is 34.4 Å². The second-order valence-corrected chi connectivity index (χ2v) is 6.41. The van der Waals surface area contributed by atoms with E-state index in [4.69, 9.17) is 4.42 Å². The van der Waals surface area contributed by atoms with Crippen molar-refractivity contribution in [1.82, 2.24) is 9.47 Å². The third-order valence-corrected chi connectivity index (χ3v) is 4.66. The first-order valence-corrected chi connectivity index (χ1v) is 9.29. The van der Waals surface area contributed by atoms with Gasteiger partial charge in [0, 0.05) is 48.7 Å².